The molecule has 1 N–H and O–H groups in total. The normalized spacial score (nSPS) is 19.0. The van der Waals surface area contributed by atoms with Crippen LogP contribution in [0.2, 0.25) is 0 Å². The molecule has 0 spiro atoms. The number of nitrogens with one attached hydrogen (secondary N) is 1. The average molecular weight is 681 g/mol. The Bertz CT molecular complexity index is 1620. The number of anilines is 2. The van der Waals surface area contributed by atoms with Gasteiger partial charge in [0.1, 0.15) is 11.4 Å². The zero-order chi connectivity index (χ0) is 35.0. The molecular formula is C31H37F5N8O4. The SMILES string of the molecule is CCN(C(=O)c1cnc(N2C[C@H](NC(=O)OC(C)(C)C)[C@@H](c3cc(F)c(F)cc3F)C2)nc1)C1CCN(c2nc(C(C)(F)F)no2)CC1. The molecule has 260 valence electrons. The molecular weight excluding hydrogens is 643 g/mol. The summed E-state index contributed by atoms with van der Waals surface area (Å²) in [5, 5.41) is 6.07. The van der Waals surface area contributed by atoms with Crippen LogP contribution in [-0.2, 0) is 10.7 Å². The van der Waals surface area contributed by atoms with E-state index < -0.39 is 52.9 Å². The van der Waals surface area contributed by atoms with E-state index in [9.17, 15) is 31.5 Å². The van der Waals surface area contributed by atoms with E-state index in [1.54, 1.807) is 35.5 Å². The highest BCUT2D eigenvalue weighted by Crippen LogP contribution is 2.33. The van der Waals surface area contributed by atoms with Crippen LogP contribution >= 0.6 is 0 Å². The van der Waals surface area contributed by atoms with E-state index in [1.807, 2.05) is 6.92 Å². The predicted octanol–water partition coefficient (Wildman–Crippen LogP) is 5.02. The van der Waals surface area contributed by atoms with E-state index in [0.29, 0.717) is 45.5 Å². The fourth-order valence-corrected chi connectivity index (χ4v) is 5.93. The molecule has 1 aromatic carbocycles. The highest BCUT2D eigenvalue weighted by atomic mass is 19.3. The summed E-state index contributed by atoms with van der Waals surface area (Å²) < 4.78 is 80.2. The van der Waals surface area contributed by atoms with E-state index in [1.165, 1.54) is 12.4 Å². The maximum absolute atomic E-state index is 14.9. The molecule has 2 saturated heterocycles. The maximum atomic E-state index is 14.9. The lowest BCUT2D eigenvalue weighted by atomic mass is 9.93. The Morgan fingerprint density at radius 2 is 1.65 bits per heavy atom. The summed E-state index contributed by atoms with van der Waals surface area (Å²) in [7, 11) is 0. The van der Waals surface area contributed by atoms with Gasteiger partial charge in [0.2, 0.25) is 11.8 Å². The summed E-state index contributed by atoms with van der Waals surface area (Å²) in [4.78, 5) is 43.7. The summed E-state index contributed by atoms with van der Waals surface area (Å²) in [6.45, 7) is 8.93. The Balaban J connectivity index is 1.27. The van der Waals surface area contributed by atoms with Gasteiger partial charge in [0.25, 0.3) is 5.91 Å². The summed E-state index contributed by atoms with van der Waals surface area (Å²) in [6, 6.07) is 0.314. The van der Waals surface area contributed by atoms with Crippen LogP contribution in [0.15, 0.2) is 29.0 Å². The quantitative estimate of drug-likeness (QED) is 0.256. The van der Waals surface area contributed by atoms with Crippen molar-refractivity contribution in [3.63, 3.8) is 0 Å². The monoisotopic (exact) mass is 680 g/mol. The average Bonchev–Trinajstić information content (AvgIpc) is 3.67. The van der Waals surface area contributed by atoms with Gasteiger partial charge in [-0.05, 0) is 52.2 Å². The molecule has 2 amide bonds. The zero-order valence-electron chi connectivity index (χ0n) is 27.1. The molecule has 2 fully saturated rings. The van der Waals surface area contributed by atoms with Crippen molar-refractivity contribution < 1.29 is 40.8 Å². The van der Waals surface area contributed by atoms with E-state index in [0.717, 1.165) is 6.07 Å². The van der Waals surface area contributed by atoms with Gasteiger partial charge in [-0.1, -0.05) is 5.16 Å². The Kier molecular flexibility index (Phi) is 9.78. The van der Waals surface area contributed by atoms with Crippen LogP contribution in [0.1, 0.15) is 75.1 Å². The first-order valence-corrected chi connectivity index (χ1v) is 15.5. The van der Waals surface area contributed by atoms with Crippen LogP contribution in [0.3, 0.4) is 0 Å². The number of piperidine rings is 1. The molecule has 2 aliphatic heterocycles. The van der Waals surface area contributed by atoms with Gasteiger partial charge >= 0.3 is 18.0 Å². The van der Waals surface area contributed by atoms with Gasteiger partial charge in [-0.3, -0.25) is 4.79 Å². The molecule has 12 nitrogen and oxygen atoms in total. The molecule has 5 rings (SSSR count). The van der Waals surface area contributed by atoms with Gasteiger partial charge in [0.15, 0.2) is 11.6 Å². The fourth-order valence-electron chi connectivity index (χ4n) is 5.93. The number of ether oxygens (including phenoxy) is 1. The number of amides is 2. The third kappa shape index (κ3) is 7.76. The second kappa shape index (κ2) is 13.5. The summed E-state index contributed by atoms with van der Waals surface area (Å²) in [5.41, 5.74) is -0.718. The maximum Gasteiger partial charge on any atom is 0.407 e. The third-order valence-corrected chi connectivity index (χ3v) is 8.21. The lowest BCUT2D eigenvalue weighted by Gasteiger charge is -2.37. The largest absolute Gasteiger partial charge is 0.444 e. The first-order valence-electron chi connectivity index (χ1n) is 15.5. The Morgan fingerprint density at radius 1 is 1.00 bits per heavy atom. The van der Waals surface area contributed by atoms with Crippen LogP contribution in [0.25, 0.3) is 0 Å². The Morgan fingerprint density at radius 3 is 2.23 bits per heavy atom. The molecule has 3 aromatic rings. The first kappa shape index (κ1) is 34.8. The van der Waals surface area contributed by atoms with Crippen molar-refractivity contribution in [3.8, 4) is 0 Å². The lowest BCUT2D eigenvalue weighted by Crippen LogP contribution is -2.47. The minimum Gasteiger partial charge on any atom is -0.444 e. The van der Waals surface area contributed by atoms with Gasteiger partial charge in [-0.2, -0.15) is 13.8 Å². The Labute approximate surface area is 273 Å². The van der Waals surface area contributed by atoms with Gasteiger partial charge in [-0.15, -0.1) is 0 Å². The number of benzene rings is 1. The predicted molar refractivity (Wildman–Crippen MR) is 162 cm³/mol. The van der Waals surface area contributed by atoms with E-state index in [2.05, 4.69) is 25.4 Å². The molecule has 4 heterocycles. The zero-order valence-corrected chi connectivity index (χ0v) is 27.1. The van der Waals surface area contributed by atoms with Gasteiger partial charge in [-0.25, -0.2) is 27.9 Å². The molecule has 2 aliphatic rings. The van der Waals surface area contributed by atoms with Crippen molar-refractivity contribution in [1.82, 2.24) is 30.3 Å². The summed E-state index contributed by atoms with van der Waals surface area (Å²) in [6.07, 6.45) is 3.03. The highest BCUT2D eigenvalue weighted by molar-refractivity contribution is 5.94. The minimum absolute atomic E-state index is 0.00308. The second-order valence-corrected chi connectivity index (χ2v) is 12.9. The molecule has 0 aliphatic carbocycles. The topological polar surface area (TPSA) is 130 Å². The van der Waals surface area contributed by atoms with E-state index >= 15 is 0 Å². The molecule has 2 atom stereocenters. The molecule has 48 heavy (non-hydrogen) atoms. The summed E-state index contributed by atoms with van der Waals surface area (Å²) >= 11 is 0. The van der Waals surface area contributed by atoms with E-state index in [4.69, 9.17) is 9.26 Å². The number of hydrogen-bond acceptors (Lipinski definition) is 10. The second-order valence-electron chi connectivity index (χ2n) is 12.9. The molecule has 0 bridgehead atoms. The lowest BCUT2D eigenvalue weighted by molar-refractivity contribution is 0.00557. The smallest absolute Gasteiger partial charge is 0.407 e. The van der Waals surface area contributed by atoms with Crippen molar-refractivity contribution in [2.45, 2.75) is 77.0 Å². The van der Waals surface area contributed by atoms with Crippen molar-refractivity contribution in [2.24, 2.45) is 0 Å². The third-order valence-electron chi connectivity index (χ3n) is 8.21. The molecule has 0 radical (unpaired) electrons. The number of carbonyl (C=O) groups excluding carboxylic acids is 2. The van der Waals surface area contributed by atoms with Crippen LogP contribution in [0.4, 0.5) is 38.7 Å². The number of alkyl carbamates (subject to hydrolysis) is 1. The van der Waals surface area contributed by atoms with Crippen molar-refractivity contribution in [2.75, 3.05) is 42.5 Å². The molecule has 0 saturated carbocycles. The van der Waals surface area contributed by atoms with Crippen LogP contribution in [-0.4, -0.2) is 87.4 Å². The standard InChI is InChI=1S/C31H37F5N8O4/c1-6-44(18-7-9-42(10-8-18)28-40-26(41-48-28)31(5,35)36)25(45)17-13-37-27(38-14-17)43-15-20(19-11-22(33)23(34)12-21(19)32)24(16-43)39-29(46)47-30(2,3)4/h11-14,18,20,24H,6-10,15-16H2,1-5H3,(H,39,46)/t20-,24+/m1/s1. The van der Waals surface area contributed by atoms with Crippen molar-refractivity contribution >= 4 is 24.0 Å². The van der Waals surface area contributed by atoms with Crippen LogP contribution in [0.5, 0.6) is 0 Å². The number of nitrogens with zero attached hydrogens (tertiary/aromatic N) is 7. The number of alkyl halides is 2. The first-order chi connectivity index (χ1) is 22.5. The number of rotatable bonds is 8. The molecule has 2 aromatic heterocycles. The number of hydrogen-bond donors (Lipinski definition) is 1. The highest BCUT2D eigenvalue weighted by Gasteiger charge is 2.39. The van der Waals surface area contributed by atoms with Crippen LogP contribution < -0.4 is 15.1 Å². The molecule has 17 heteroatoms. The minimum atomic E-state index is -3.22. The fraction of sp³-hybridized carbons (Fsp3) is 0.548. The number of carbonyl (C=O) groups is 2. The van der Waals surface area contributed by atoms with Gasteiger partial charge in [0, 0.05) is 70.1 Å². The molecule has 0 unspecified atom stereocenters. The van der Waals surface area contributed by atoms with Crippen molar-refractivity contribution in [1.29, 1.82) is 0 Å². The summed E-state index contributed by atoms with van der Waals surface area (Å²) in [5.74, 6) is -8.37. The van der Waals surface area contributed by atoms with Crippen molar-refractivity contribution in [3.05, 3.63) is 58.9 Å². The number of halogens is 5. The Hall–Kier alpha value is -4.57. The van der Waals surface area contributed by atoms with Crippen LogP contribution in [0, 0.1) is 17.5 Å². The van der Waals surface area contributed by atoms with Gasteiger partial charge < -0.3 is 29.3 Å². The number of aromatic nitrogens is 4. The van der Waals surface area contributed by atoms with E-state index in [-0.39, 0.29) is 48.1 Å². The van der Waals surface area contributed by atoms with Gasteiger partial charge in [0.05, 0.1) is 11.6 Å².